The second kappa shape index (κ2) is 6.49. The van der Waals surface area contributed by atoms with Crippen LogP contribution in [-0.4, -0.2) is 24.5 Å². The first-order valence-corrected chi connectivity index (χ1v) is 7.29. The topological polar surface area (TPSA) is 29.3 Å². The number of benzene rings is 1. The van der Waals surface area contributed by atoms with E-state index in [0.717, 1.165) is 11.5 Å². The van der Waals surface area contributed by atoms with Crippen molar-refractivity contribution in [1.82, 2.24) is 4.90 Å². The van der Waals surface area contributed by atoms with Gasteiger partial charge in [0.2, 0.25) is 0 Å². The van der Waals surface area contributed by atoms with Crippen LogP contribution >= 0.6 is 0 Å². The molecule has 3 atom stereocenters. The summed E-state index contributed by atoms with van der Waals surface area (Å²) in [6.07, 6.45) is 5.14. The minimum atomic E-state index is -0.187. The van der Waals surface area contributed by atoms with Gasteiger partial charge in [0.05, 0.1) is 0 Å². The lowest BCUT2D eigenvalue weighted by Crippen LogP contribution is -2.41. The Morgan fingerprint density at radius 2 is 2.00 bits per heavy atom. The van der Waals surface area contributed by atoms with Gasteiger partial charge in [-0.2, -0.15) is 0 Å². The highest BCUT2D eigenvalue weighted by atomic mass is 19.1. The van der Waals surface area contributed by atoms with Crippen LogP contribution in [0, 0.1) is 11.7 Å². The molecule has 1 fully saturated rings. The Kier molecular flexibility index (Phi) is 4.94. The van der Waals surface area contributed by atoms with Gasteiger partial charge < -0.3 is 5.73 Å². The zero-order valence-electron chi connectivity index (χ0n) is 12.0. The second-order valence-corrected chi connectivity index (χ2v) is 5.89. The third-order valence-corrected chi connectivity index (χ3v) is 4.45. The molecule has 0 heterocycles. The van der Waals surface area contributed by atoms with Gasteiger partial charge in [-0.05, 0) is 43.5 Å². The maximum absolute atomic E-state index is 13.0. The van der Waals surface area contributed by atoms with Crippen LogP contribution in [0.1, 0.15) is 44.2 Å². The van der Waals surface area contributed by atoms with Crippen molar-refractivity contribution in [3.8, 4) is 0 Å². The van der Waals surface area contributed by atoms with Crippen LogP contribution in [0.5, 0.6) is 0 Å². The first kappa shape index (κ1) is 14.5. The predicted molar refractivity (Wildman–Crippen MR) is 77.4 cm³/mol. The van der Waals surface area contributed by atoms with E-state index in [1.165, 1.54) is 37.8 Å². The van der Waals surface area contributed by atoms with Gasteiger partial charge in [-0.1, -0.05) is 31.9 Å². The normalized spacial score (nSPS) is 25.5. The van der Waals surface area contributed by atoms with Gasteiger partial charge in [0.15, 0.2) is 0 Å². The molecule has 2 N–H and O–H groups in total. The predicted octanol–water partition coefficient (Wildman–Crippen LogP) is 3.34. The lowest BCUT2D eigenvalue weighted by atomic mass is 9.85. The third-order valence-electron chi connectivity index (χ3n) is 4.45. The van der Waals surface area contributed by atoms with E-state index < -0.39 is 0 Å². The number of hydrogen-bond acceptors (Lipinski definition) is 2. The van der Waals surface area contributed by atoms with E-state index in [1.54, 1.807) is 0 Å². The molecule has 1 aliphatic rings. The van der Waals surface area contributed by atoms with Crippen LogP contribution in [0.4, 0.5) is 4.39 Å². The van der Waals surface area contributed by atoms with Crippen LogP contribution in [-0.2, 0) is 0 Å². The van der Waals surface area contributed by atoms with E-state index in [2.05, 4.69) is 18.9 Å². The first-order valence-electron chi connectivity index (χ1n) is 7.29. The summed E-state index contributed by atoms with van der Waals surface area (Å²) in [4.78, 5) is 2.39. The molecule has 3 unspecified atom stereocenters. The minimum Gasteiger partial charge on any atom is -0.329 e. The standard InChI is InChI=1S/C16H25FN2/c1-12-4-3-5-15(10-12)19(2)16(11-18)13-6-8-14(17)9-7-13/h6-9,12,15-16H,3-5,10-11,18H2,1-2H3. The van der Waals surface area contributed by atoms with Crippen molar-refractivity contribution in [2.75, 3.05) is 13.6 Å². The van der Waals surface area contributed by atoms with Crippen LogP contribution in [0.25, 0.3) is 0 Å². The fraction of sp³-hybridized carbons (Fsp3) is 0.625. The molecule has 1 aliphatic carbocycles. The lowest BCUT2D eigenvalue weighted by Gasteiger charge is -2.38. The highest BCUT2D eigenvalue weighted by molar-refractivity contribution is 5.20. The summed E-state index contributed by atoms with van der Waals surface area (Å²) in [5, 5.41) is 0. The molecule has 19 heavy (non-hydrogen) atoms. The molecular formula is C16H25FN2. The molecule has 2 nitrogen and oxygen atoms in total. The molecule has 0 radical (unpaired) electrons. The molecule has 0 aliphatic heterocycles. The third kappa shape index (κ3) is 3.54. The van der Waals surface area contributed by atoms with E-state index in [0.29, 0.717) is 12.6 Å². The molecule has 0 aromatic heterocycles. The number of nitrogens with two attached hydrogens (primary N) is 1. The van der Waals surface area contributed by atoms with Gasteiger partial charge in [0, 0.05) is 18.6 Å². The monoisotopic (exact) mass is 264 g/mol. The van der Waals surface area contributed by atoms with Crippen molar-refractivity contribution < 1.29 is 4.39 Å². The smallest absolute Gasteiger partial charge is 0.123 e. The molecule has 0 spiro atoms. The van der Waals surface area contributed by atoms with Gasteiger partial charge in [-0.3, -0.25) is 4.90 Å². The van der Waals surface area contributed by atoms with E-state index in [1.807, 2.05) is 12.1 Å². The molecular weight excluding hydrogens is 239 g/mol. The Balaban J connectivity index is 2.09. The van der Waals surface area contributed by atoms with Gasteiger partial charge in [0.1, 0.15) is 5.82 Å². The largest absolute Gasteiger partial charge is 0.329 e. The van der Waals surface area contributed by atoms with Crippen molar-refractivity contribution in [1.29, 1.82) is 0 Å². The molecule has 0 saturated heterocycles. The van der Waals surface area contributed by atoms with E-state index in [9.17, 15) is 4.39 Å². The summed E-state index contributed by atoms with van der Waals surface area (Å²) in [6, 6.07) is 7.55. The lowest BCUT2D eigenvalue weighted by molar-refractivity contribution is 0.121. The van der Waals surface area contributed by atoms with Gasteiger partial charge in [-0.15, -0.1) is 0 Å². The Morgan fingerprint density at radius 3 is 2.58 bits per heavy atom. The summed E-state index contributed by atoms with van der Waals surface area (Å²) in [7, 11) is 2.16. The molecule has 1 aromatic carbocycles. The number of halogens is 1. The molecule has 1 saturated carbocycles. The van der Waals surface area contributed by atoms with E-state index >= 15 is 0 Å². The average molecular weight is 264 g/mol. The number of likely N-dealkylation sites (N-methyl/N-ethyl adjacent to an activating group) is 1. The Hall–Kier alpha value is -0.930. The molecule has 0 amide bonds. The zero-order chi connectivity index (χ0) is 13.8. The van der Waals surface area contributed by atoms with Gasteiger partial charge in [-0.25, -0.2) is 4.39 Å². The quantitative estimate of drug-likeness (QED) is 0.903. The van der Waals surface area contributed by atoms with Crippen molar-refractivity contribution in [2.24, 2.45) is 11.7 Å². The molecule has 0 bridgehead atoms. The maximum atomic E-state index is 13.0. The Morgan fingerprint density at radius 1 is 1.32 bits per heavy atom. The zero-order valence-corrected chi connectivity index (χ0v) is 12.0. The second-order valence-electron chi connectivity index (χ2n) is 5.89. The Labute approximate surface area is 115 Å². The summed E-state index contributed by atoms with van der Waals surface area (Å²) in [5.74, 6) is 0.612. The van der Waals surface area contributed by atoms with Crippen molar-refractivity contribution >= 4 is 0 Å². The van der Waals surface area contributed by atoms with Crippen molar-refractivity contribution in [2.45, 2.75) is 44.7 Å². The fourth-order valence-corrected chi connectivity index (χ4v) is 3.25. The Bertz CT molecular complexity index is 390. The summed E-state index contributed by atoms with van der Waals surface area (Å²) >= 11 is 0. The minimum absolute atomic E-state index is 0.187. The van der Waals surface area contributed by atoms with Gasteiger partial charge in [0.25, 0.3) is 0 Å². The van der Waals surface area contributed by atoms with Gasteiger partial charge >= 0.3 is 0 Å². The molecule has 1 aromatic rings. The van der Waals surface area contributed by atoms with Crippen molar-refractivity contribution in [3.05, 3.63) is 35.6 Å². The first-order chi connectivity index (χ1) is 9.11. The van der Waals surface area contributed by atoms with Crippen LogP contribution in [0.15, 0.2) is 24.3 Å². The summed E-state index contributed by atoms with van der Waals surface area (Å²) in [5.41, 5.74) is 7.07. The van der Waals surface area contributed by atoms with E-state index in [4.69, 9.17) is 5.73 Å². The van der Waals surface area contributed by atoms with Crippen molar-refractivity contribution in [3.63, 3.8) is 0 Å². The van der Waals surface area contributed by atoms with Crippen LogP contribution in [0.3, 0.4) is 0 Å². The van der Waals surface area contributed by atoms with Crippen LogP contribution < -0.4 is 5.73 Å². The summed E-state index contributed by atoms with van der Waals surface area (Å²) < 4.78 is 13.0. The fourth-order valence-electron chi connectivity index (χ4n) is 3.25. The molecule has 3 heteroatoms. The highest BCUT2D eigenvalue weighted by Crippen LogP contribution is 2.31. The average Bonchev–Trinajstić information content (AvgIpc) is 2.41. The SMILES string of the molecule is CC1CCCC(N(C)C(CN)c2ccc(F)cc2)C1. The maximum Gasteiger partial charge on any atom is 0.123 e. The van der Waals surface area contributed by atoms with E-state index in [-0.39, 0.29) is 11.9 Å². The number of nitrogens with zero attached hydrogens (tertiary/aromatic N) is 1. The number of rotatable bonds is 4. The summed E-state index contributed by atoms with van der Waals surface area (Å²) in [6.45, 7) is 2.91. The number of hydrogen-bond donors (Lipinski definition) is 1. The molecule has 106 valence electrons. The van der Waals surface area contributed by atoms with Crippen LogP contribution in [0.2, 0.25) is 0 Å². The molecule has 2 rings (SSSR count). The highest BCUT2D eigenvalue weighted by Gasteiger charge is 2.27.